The predicted octanol–water partition coefficient (Wildman–Crippen LogP) is 2.77. The smallest absolute Gasteiger partial charge is 0.345 e. The van der Waals surface area contributed by atoms with Crippen LogP contribution in [0.1, 0.15) is 17.3 Å². The van der Waals surface area contributed by atoms with Crippen molar-refractivity contribution in [3.63, 3.8) is 0 Å². The molecule has 0 atom stereocenters. The van der Waals surface area contributed by atoms with Crippen LogP contribution in [0.25, 0.3) is 0 Å². The molecule has 0 aliphatic carbocycles. The Morgan fingerprint density at radius 2 is 1.69 bits per heavy atom. The summed E-state index contributed by atoms with van der Waals surface area (Å²) in [6, 6.07) is 9.95. The lowest BCUT2D eigenvalue weighted by Crippen LogP contribution is -2.22. The molecule has 0 saturated heterocycles. The van der Waals surface area contributed by atoms with E-state index >= 15 is 0 Å². The Balaban J connectivity index is 2.25. The number of amides is 1. The fourth-order valence-corrected chi connectivity index (χ4v) is 3.13. The Morgan fingerprint density at radius 1 is 1.08 bits per heavy atom. The van der Waals surface area contributed by atoms with Gasteiger partial charge in [-0.1, -0.05) is 11.6 Å². The summed E-state index contributed by atoms with van der Waals surface area (Å²) < 4.78 is 30.7. The van der Waals surface area contributed by atoms with Crippen molar-refractivity contribution in [2.45, 2.75) is 11.8 Å². The second-order valence-corrected chi connectivity index (χ2v) is 8.08. The number of hydrogen-bond acceptors (Lipinski definition) is 5. The number of benzene rings is 2. The van der Waals surface area contributed by atoms with Crippen LogP contribution in [0.2, 0.25) is 5.02 Å². The first kappa shape index (κ1) is 19.9. The van der Waals surface area contributed by atoms with Crippen LogP contribution in [0.5, 0.6) is 5.75 Å². The molecule has 0 spiro atoms. The van der Waals surface area contributed by atoms with Crippen LogP contribution >= 0.6 is 11.6 Å². The lowest BCUT2D eigenvalue weighted by atomic mass is 10.2. The number of ether oxygens (including phenoxy) is 1. The van der Waals surface area contributed by atoms with Crippen molar-refractivity contribution in [2.75, 3.05) is 19.4 Å². The molecule has 1 N–H and O–H groups in total. The Bertz CT molecular complexity index is 940. The molecule has 0 aromatic heterocycles. The Kier molecular flexibility index (Phi) is 6.01. The van der Waals surface area contributed by atoms with Crippen LogP contribution in [-0.4, -0.2) is 38.7 Å². The van der Waals surface area contributed by atoms with E-state index in [-0.39, 0.29) is 27.1 Å². The first-order valence-corrected chi connectivity index (χ1v) is 9.25. The molecule has 2 aromatic carbocycles. The summed E-state index contributed by atoms with van der Waals surface area (Å²) in [6.45, 7) is 1.38. The molecule has 0 fully saturated rings. The van der Waals surface area contributed by atoms with Crippen molar-refractivity contribution in [3.05, 3.63) is 53.1 Å². The summed E-state index contributed by atoms with van der Waals surface area (Å²) >= 11 is 6.01. The highest BCUT2D eigenvalue weighted by Crippen LogP contribution is 2.24. The first-order valence-electron chi connectivity index (χ1n) is 7.43. The number of nitrogens with zero attached hydrogens (tertiary/aromatic N) is 1. The van der Waals surface area contributed by atoms with Gasteiger partial charge in [-0.3, -0.25) is 4.79 Å². The van der Waals surface area contributed by atoms with E-state index in [2.05, 4.69) is 5.32 Å². The van der Waals surface area contributed by atoms with Crippen LogP contribution < -0.4 is 10.1 Å². The Morgan fingerprint density at radius 3 is 2.23 bits per heavy atom. The SMILES string of the molecule is CC(=O)Nc1ccc(OC(=O)c2cc(S(=O)(=O)N(C)C)ccc2Cl)cc1. The quantitative estimate of drug-likeness (QED) is 0.619. The highest BCUT2D eigenvalue weighted by molar-refractivity contribution is 7.89. The lowest BCUT2D eigenvalue weighted by Gasteiger charge is -2.13. The van der Waals surface area contributed by atoms with E-state index in [9.17, 15) is 18.0 Å². The topological polar surface area (TPSA) is 92.8 Å². The van der Waals surface area contributed by atoms with Gasteiger partial charge in [-0.2, -0.15) is 0 Å². The normalized spacial score (nSPS) is 11.3. The second kappa shape index (κ2) is 7.86. The van der Waals surface area contributed by atoms with E-state index in [0.29, 0.717) is 5.69 Å². The fraction of sp³-hybridized carbons (Fsp3) is 0.176. The molecule has 7 nitrogen and oxygen atoms in total. The molecule has 0 radical (unpaired) electrons. The molecule has 0 unspecified atom stereocenters. The zero-order chi connectivity index (χ0) is 19.5. The maximum Gasteiger partial charge on any atom is 0.345 e. The van der Waals surface area contributed by atoms with Crippen molar-refractivity contribution in [1.29, 1.82) is 0 Å². The van der Waals surface area contributed by atoms with Gasteiger partial charge in [0.25, 0.3) is 0 Å². The minimum atomic E-state index is -3.71. The van der Waals surface area contributed by atoms with Gasteiger partial charge in [-0.05, 0) is 42.5 Å². The third-order valence-corrected chi connectivity index (χ3v) is 5.46. The van der Waals surface area contributed by atoms with Crippen molar-refractivity contribution in [1.82, 2.24) is 4.31 Å². The summed E-state index contributed by atoms with van der Waals surface area (Å²) in [4.78, 5) is 23.3. The van der Waals surface area contributed by atoms with E-state index in [4.69, 9.17) is 16.3 Å². The third kappa shape index (κ3) is 4.60. The van der Waals surface area contributed by atoms with Crippen LogP contribution in [0.15, 0.2) is 47.4 Å². The van der Waals surface area contributed by atoms with Gasteiger partial charge in [0, 0.05) is 26.7 Å². The molecule has 0 aliphatic rings. The van der Waals surface area contributed by atoms with Gasteiger partial charge in [0.15, 0.2) is 0 Å². The highest BCUT2D eigenvalue weighted by Gasteiger charge is 2.21. The van der Waals surface area contributed by atoms with E-state index < -0.39 is 16.0 Å². The average molecular weight is 397 g/mol. The van der Waals surface area contributed by atoms with Gasteiger partial charge >= 0.3 is 5.97 Å². The Labute approximate surface area is 156 Å². The zero-order valence-electron chi connectivity index (χ0n) is 14.3. The van der Waals surface area contributed by atoms with Gasteiger partial charge < -0.3 is 10.1 Å². The monoisotopic (exact) mass is 396 g/mol. The number of halogens is 1. The number of carbonyl (C=O) groups excluding carboxylic acids is 2. The van der Waals surface area contributed by atoms with Gasteiger partial charge in [-0.15, -0.1) is 0 Å². The maximum atomic E-state index is 12.4. The van der Waals surface area contributed by atoms with Crippen LogP contribution in [0.4, 0.5) is 5.69 Å². The molecule has 2 aromatic rings. The van der Waals surface area contributed by atoms with Gasteiger partial charge in [0.05, 0.1) is 15.5 Å². The summed E-state index contributed by atoms with van der Waals surface area (Å²) in [6.07, 6.45) is 0. The van der Waals surface area contributed by atoms with Gasteiger partial charge in [0.2, 0.25) is 15.9 Å². The summed E-state index contributed by atoms with van der Waals surface area (Å²) in [7, 11) is -0.938. The molecule has 0 aliphatic heterocycles. The Hall–Kier alpha value is -2.42. The number of carbonyl (C=O) groups is 2. The maximum absolute atomic E-state index is 12.4. The molecule has 2 rings (SSSR count). The zero-order valence-corrected chi connectivity index (χ0v) is 15.9. The van der Waals surface area contributed by atoms with Crippen molar-refractivity contribution < 1.29 is 22.7 Å². The number of nitrogens with one attached hydrogen (secondary N) is 1. The third-order valence-electron chi connectivity index (χ3n) is 3.32. The van der Waals surface area contributed by atoms with Crippen molar-refractivity contribution >= 4 is 39.2 Å². The molecule has 0 bridgehead atoms. The van der Waals surface area contributed by atoms with E-state index in [1.165, 1.54) is 51.4 Å². The van der Waals surface area contributed by atoms with E-state index in [1.807, 2.05) is 0 Å². The molecular weight excluding hydrogens is 380 g/mol. The van der Waals surface area contributed by atoms with Crippen LogP contribution in [0.3, 0.4) is 0 Å². The summed E-state index contributed by atoms with van der Waals surface area (Å²) in [5.41, 5.74) is 0.481. The lowest BCUT2D eigenvalue weighted by molar-refractivity contribution is -0.114. The molecule has 0 saturated carbocycles. The summed E-state index contributed by atoms with van der Waals surface area (Å²) in [5, 5.41) is 2.66. The number of esters is 1. The average Bonchev–Trinajstić information content (AvgIpc) is 2.56. The number of hydrogen-bond donors (Lipinski definition) is 1. The summed E-state index contributed by atoms with van der Waals surface area (Å²) in [5.74, 6) is -0.792. The fourth-order valence-electron chi connectivity index (χ4n) is 2.00. The van der Waals surface area contributed by atoms with Crippen LogP contribution in [0, 0.1) is 0 Å². The molecule has 138 valence electrons. The first-order chi connectivity index (χ1) is 12.1. The minimum Gasteiger partial charge on any atom is -0.423 e. The van der Waals surface area contributed by atoms with Gasteiger partial charge in [0.1, 0.15) is 5.75 Å². The van der Waals surface area contributed by atoms with Crippen LogP contribution in [-0.2, 0) is 14.8 Å². The standard InChI is InChI=1S/C17H17ClN2O5S/c1-11(21)19-12-4-6-13(7-5-12)25-17(22)15-10-14(8-9-16(15)18)26(23,24)20(2)3/h4-10H,1-3H3,(H,19,21). The molecular formula is C17H17ClN2O5S. The number of anilines is 1. The van der Waals surface area contributed by atoms with E-state index in [1.54, 1.807) is 12.1 Å². The molecule has 0 heterocycles. The van der Waals surface area contributed by atoms with Crippen molar-refractivity contribution in [3.8, 4) is 5.75 Å². The minimum absolute atomic E-state index is 0.0690. The highest BCUT2D eigenvalue weighted by atomic mass is 35.5. The van der Waals surface area contributed by atoms with E-state index in [0.717, 1.165) is 4.31 Å². The molecule has 26 heavy (non-hydrogen) atoms. The number of sulfonamides is 1. The predicted molar refractivity (Wildman–Crippen MR) is 98.0 cm³/mol. The molecule has 1 amide bonds. The van der Waals surface area contributed by atoms with Gasteiger partial charge in [-0.25, -0.2) is 17.5 Å². The molecule has 9 heteroatoms. The number of rotatable bonds is 5. The largest absolute Gasteiger partial charge is 0.423 e. The second-order valence-electron chi connectivity index (χ2n) is 5.52. The van der Waals surface area contributed by atoms with Crippen molar-refractivity contribution in [2.24, 2.45) is 0 Å².